The van der Waals surface area contributed by atoms with Crippen molar-refractivity contribution < 1.29 is 4.52 Å². The van der Waals surface area contributed by atoms with Gasteiger partial charge in [0.25, 0.3) is 0 Å². The predicted molar refractivity (Wildman–Crippen MR) is 86.7 cm³/mol. The van der Waals surface area contributed by atoms with Gasteiger partial charge in [-0.05, 0) is 5.56 Å². The molecule has 0 N–H and O–H groups in total. The predicted octanol–water partition coefficient (Wildman–Crippen LogP) is 2.31. The number of benzene rings is 1. The molecule has 3 heterocycles. The molecule has 120 valence electrons. The summed E-state index contributed by atoms with van der Waals surface area (Å²) >= 11 is 0. The summed E-state index contributed by atoms with van der Waals surface area (Å²) < 4.78 is 7.14. The van der Waals surface area contributed by atoms with Crippen LogP contribution in [-0.4, -0.2) is 29.6 Å². The van der Waals surface area contributed by atoms with Gasteiger partial charge in [0.05, 0.1) is 18.4 Å². The minimum absolute atomic E-state index is 0.638. The Hall–Kier alpha value is -3.06. The van der Waals surface area contributed by atoms with Gasteiger partial charge < -0.3 is 4.52 Å². The van der Waals surface area contributed by atoms with Crippen LogP contribution in [0.15, 0.2) is 65.8 Å². The summed E-state index contributed by atoms with van der Waals surface area (Å²) in [7, 11) is 0. The van der Waals surface area contributed by atoms with E-state index in [4.69, 9.17) is 4.52 Å². The lowest BCUT2D eigenvalue weighted by molar-refractivity contribution is 0.214. The maximum absolute atomic E-state index is 5.27. The lowest BCUT2D eigenvalue weighted by Gasteiger charge is -2.20. The second-order valence-electron chi connectivity index (χ2n) is 5.55. The molecule has 3 aromatic heterocycles. The fourth-order valence-corrected chi connectivity index (χ4v) is 2.69. The molecule has 0 amide bonds. The lowest BCUT2D eigenvalue weighted by Crippen LogP contribution is -2.23. The summed E-state index contributed by atoms with van der Waals surface area (Å²) in [6.07, 6.45) is 6.95. The van der Waals surface area contributed by atoms with Gasteiger partial charge in [-0.3, -0.25) is 14.3 Å². The van der Waals surface area contributed by atoms with Crippen molar-refractivity contribution in [3.8, 4) is 0 Å². The first-order valence-electron chi connectivity index (χ1n) is 7.67. The molecule has 7 heteroatoms. The Morgan fingerprint density at radius 1 is 1.00 bits per heavy atom. The third kappa shape index (κ3) is 3.16. The van der Waals surface area contributed by atoms with Gasteiger partial charge in [-0.15, -0.1) is 10.2 Å². The van der Waals surface area contributed by atoms with E-state index in [9.17, 15) is 0 Å². The molecule has 7 nitrogen and oxygen atoms in total. The first-order chi connectivity index (χ1) is 11.9. The van der Waals surface area contributed by atoms with E-state index < -0.39 is 0 Å². The molecule has 4 rings (SSSR count). The van der Waals surface area contributed by atoms with Gasteiger partial charge in [-0.1, -0.05) is 35.5 Å². The van der Waals surface area contributed by atoms with E-state index in [1.165, 1.54) is 5.56 Å². The number of fused-ring (bicyclic) bond motifs is 1. The van der Waals surface area contributed by atoms with Crippen LogP contribution in [-0.2, 0) is 19.6 Å². The normalized spacial score (nSPS) is 11.4. The molecule has 0 saturated carbocycles. The minimum Gasteiger partial charge on any atom is -0.360 e. The maximum Gasteiger partial charge on any atom is 0.183 e. The first-order valence-corrected chi connectivity index (χ1v) is 7.67. The molecule has 0 saturated heterocycles. The van der Waals surface area contributed by atoms with Crippen molar-refractivity contribution in [2.75, 3.05) is 0 Å². The summed E-state index contributed by atoms with van der Waals surface area (Å²) in [6.45, 7) is 2.06. The third-order valence-electron chi connectivity index (χ3n) is 3.78. The van der Waals surface area contributed by atoms with E-state index in [0.717, 1.165) is 23.6 Å². The SMILES string of the molecule is c1ccc(CN(Cc2ccno2)Cc2nccn3cnnc23)cc1. The van der Waals surface area contributed by atoms with Crippen molar-refractivity contribution in [1.82, 2.24) is 29.6 Å². The average Bonchev–Trinajstić information content (AvgIpc) is 3.27. The number of rotatable bonds is 6. The van der Waals surface area contributed by atoms with E-state index in [1.54, 1.807) is 18.7 Å². The Labute approximate surface area is 138 Å². The highest BCUT2D eigenvalue weighted by Crippen LogP contribution is 2.14. The van der Waals surface area contributed by atoms with Crippen LogP contribution in [0, 0.1) is 0 Å². The quantitative estimate of drug-likeness (QED) is 0.543. The van der Waals surface area contributed by atoms with E-state index in [0.29, 0.717) is 13.1 Å². The van der Waals surface area contributed by atoms with Gasteiger partial charge >= 0.3 is 0 Å². The van der Waals surface area contributed by atoms with Crippen molar-refractivity contribution in [2.45, 2.75) is 19.6 Å². The molecule has 0 fully saturated rings. The average molecular weight is 320 g/mol. The molecule has 0 spiro atoms. The fourth-order valence-electron chi connectivity index (χ4n) is 2.69. The second-order valence-corrected chi connectivity index (χ2v) is 5.55. The van der Waals surface area contributed by atoms with E-state index >= 15 is 0 Å². The standard InChI is InChI=1S/C17H16N6O/c1-2-4-14(5-3-1)10-22(11-15-6-7-20-24-15)12-16-17-21-19-13-23(17)9-8-18-16/h1-9,13H,10-12H2. The second kappa shape index (κ2) is 6.59. The van der Waals surface area contributed by atoms with Crippen molar-refractivity contribution in [3.63, 3.8) is 0 Å². The molecule has 1 aromatic carbocycles. The molecule has 0 radical (unpaired) electrons. The zero-order valence-corrected chi connectivity index (χ0v) is 13.0. The number of hydrogen-bond donors (Lipinski definition) is 0. The van der Waals surface area contributed by atoms with Crippen LogP contribution >= 0.6 is 0 Å². The van der Waals surface area contributed by atoms with Crippen LogP contribution in [0.2, 0.25) is 0 Å². The first kappa shape index (κ1) is 14.5. The highest BCUT2D eigenvalue weighted by molar-refractivity contribution is 5.41. The molecular formula is C17H16N6O. The van der Waals surface area contributed by atoms with Gasteiger partial charge in [0.2, 0.25) is 0 Å². The van der Waals surface area contributed by atoms with Crippen molar-refractivity contribution >= 4 is 5.65 Å². The summed E-state index contributed by atoms with van der Waals surface area (Å²) in [5.41, 5.74) is 2.88. The van der Waals surface area contributed by atoms with Gasteiger partial charge in [-0.25, -0.2) is 0 Å². The van der Waals surface area contributed by atoms with Crippen molar-refractivity contribution in [2.24, 2.45) is 0 Å². The Morgan fingerprint density at radius 2 is 1.92 bits per heavy atom. The third-order valence-corrected chi connectivity index (χ3v) is 3.78. The number of hydrogen-bond acceptors (Lipinski definition) is 6. The lowest BCUT2D eigenvalue weighted by atomic mass is 10.2. The molecule has 0 aliphatic rings. The van der Waals surface area contributed by atoms with Crippen LogP contribution in [0.3, 0.4) is 0 Å². The largest absolute Gasteiger partial charge is 0.360 e. The topological polar surface area (TPSA) is 72.4 Å². The van der Waals surface area contributed by atoms with Crippen LogP contribution < -0.4 is 0 Å². The van der Waals surface area contributed by atoms with Crippen LogP contribution in [0.1, 0.15) is 17.0 Å². The van der Waals surface area contributed by atoms with Crippen molar-refractivity contribution in [1.29, 1.82) is 0 Å². The van der Waals surface area contributed by atoms with Gasteiger partial charge in [-0.2, -0.15) is 0 Å². The zero-order chi connectivity index (χ0) is 16.2. The van der Waals surface area contributed by atoms with Crippen LogP contribution in [0.25, 0.3) is 5.65 Å². The van der Waals surface area contributed by atoms with Gasteiger partial charge in [0.15, 0.2) is 11.4 Å². The minimum atomic E-state index is 0.638. The Kier molecular flexibility index (Phi) is 3.99. The van der Waals surface area contributed by atoms with Crippen LogP contribution in [0.4, 0.5) is 0 Å². The Bertz CT molecular complexity index is 903. The molecule has 0 aliphatic carbocycles. The van der Waals surface area contributed by atoms with E-state index in [-0.39, 0.29) is 0 Å². The highest BCUT2D eigenvalue weighted by Gasteiger charge is 2.14. The summed E-state index contributed by atoms with van der Waals surface area (Å²) in [6, 6.07) is 12.2. The zero-order valence-electron chi connectivity index (χ0n) is 13.0. The number of nitrogens with zero attached hydrogens (tertiary/aromatic N) is 6. The molecule has 0 bridgehead atoms. The van der Waals surface area contributed by atoms with Gasteiger partial charge in [0, 0.05) is 31.5 Å². The van der Waals surface area contributed by atoms with E-state index in [2.05, 4.69) is 37.4 Å². The smallest absolute Gasteiger partial charge is 0.183 e. The molecule has 0 unspecified atom stereocenters. The highest BCUT2D eigenvalue weighted by atomic mass is 16.5. The van der Waals surface area contributed by atoms with Gasteiger partial charge in [0.1, 0.15) is 6.33 Å². The molecule has 24 heavy (non-hydrogen) atoms. The molecule has 0 aliphatic heterocycles. The van der Waals surface area contributed by atoms with E-state index in [1.807, 2.05) is 34.9 Å². The monoisotopic (exact) mass is 320 g/mol. The van der Waals surface area contributed by atoms with Crippen LogP contribution in [0.5, 0.6) is 0 Å². The molecule has 4 aromatic rings. The molecular weight excluding hydrogens is 304 g/mol. The maximum atomic E-state index is 5.27. The fraction of sp³-hybridized carbons (Fsp3) is 0.176. The summed E-state index contributed by atoms with van der Waals surface area (Å²) in [4.78, 5) is 6.72. The Morgan fingerprint density at radius 3 is 2.75 bits per heavy atom. The summed E-state index contributed by atoms with van der Waals surface area (Å²) in [5, 5.41) is 11.9. The molecule has 0 atom stereocenters. The summed E-state index contributed by atoms with van der Waals surface area (Å²) in [5.74, 6) is 0.819. The number of aromatic nitrogens is 5. The van der Waals surface area contributed by atoms with Crippen molar-refractivity contribution in [3.05, 3.63) is 78.3 Å². The Balaban J connectivity index is 1.60.